The summed E-state index contributed by atoms with van der Waals surface area (Å²) in [5.74, 6) is -2.21. The van der Waals surface area contributed by atoms with Crippen LogP contribution in [0.5, 0.6) is 0 Å². The third-order valence-corrected chi connectivity index (χ3v) is 1.53. The number of carbonyl (C=O) groups is 3. The van der Waals surface area contributed by atoms with Gasteiger partial charge in [0.2, 0.25) is 0 Å². The normalized spacial score (nSPS) is 9.50. The minimum atomic E-state index is -1.16. The van der Waals surface area contributed by atoms with Crippen LogP contribution in [0, 0.1) is 0 Å². The molecule has 0 fully saturated rings. The number of allylic oxidation sites excluding steroid dienone is 2. The smallest absolute Gasteiger partial charge is 0.337 e. The van der Waals surface area contributed by atoms with E-state index >= 15 is 0 Å². The van der Waals surface area contributed by atoms with E-state index in [1.54, 1.807) is 25.2 Å². The van der Waals surface area contributed by atoms with Gasteiger partial charge in [-0.2, -0.15) is 0 Å². The van der Waals surface area contributed by atoms with Crippen molar-refractivity contribution >= 4 is 17.9 Å². The second-order valence-electron chi connectivity index (χ2n) is 3.04. The van der Waals surface area contributed by atoms with Crippen molar-refractivity contribution in [2.24, 2.45) is 0 Å². The van der Waals surface area contributed by atoms with Gasteiger partial charge in [0, 0.05) is 12.2 Å². The third-order valence-electron chi connectivity index (χ3n) is 1.53. The maximum Gasteiger partial charge on any atom is 0.337 e. The number of rotatable bonds is 6. The van der Waals surface area contributed by atoms with Crippen LogP contribution >= 0.6 is 0 Å². The van der Waals surface area contributed by atoms with E-state index in [9.17, 15) is 14.4 Å². The van der Waals surface area contributed by atoms with E-state index in [2.05, 4.69) is 22.6 Å². The molecule has 0 rings (SSSR count). The maximum atomic E-state index is 10.6. The van der Waals surface area contributed by atoms with Crippen molar-refractivity contribution in [1.29, 1.82) is 0 Å². The van der Waals surface area contributed by atoms with E-state index in [-0.39, 0.29) is 6.61 Å². The molecule has 0 aliphatic rings. The molecule has 110 valence electrons. The van der Waals surface area contributed by atoms with Crippen molar-refractivity contribution in [3.8, 4) is 0 Å². The van der Waals surface area contributed by atoms with Crippen molar-refractivity contribution in [1.82, 2.24) is 0 Å². The highest BCUT2D eigenvalue weighted by atomic mass is 16.5. The second-order valence-corrected chi connectivity index (χ2v) is 3.04. The number of aliphatic carboxylic acids is 1. The van der Waals surface area contributed by atoms with Crippen molar-refractivity contribution < 1.29 is 29.0 Å². The largest absolute Gasteiger partial charge is 0.478 e. The Hall–Kier alpha value is -2.63. The van der Waals surface area contributed by atoms with E-state index in [0.29, 0.717) is 5.57 Å². The molecule has 0 aliphatic carbocycles. The molecule has 6 nitrogen and oxygen atoms in total. The van der Waals surface area contributed by atoms with Gasteiger partial charge in [-0.25, -0.2) is 14.4 Å². The first-order valence-electron chi connectivity index (χ1n) is 5.53. The van der Waals surface area contributed by atoms with Gasteiger partial charge in [0.25, 0.3) is 0 Å². The lowest BCUT2D eigenvalue weighted by atomic mass is 10.3. The van der Waals surface area contributed by atoms with Gasteiger partial charge in [0.15, 0.2) is 0 Å². The standard InChI is InChI=1S/C8H10O2.C6H8O4/c1-4-5-6-7(2)8(9)10-3;1-2-10-6(9)4-3-5(7)8/h4-6H,1-2H2,3H3;3-4H,2H2,1H3,(H,7,8). The Bertz CT molecular complexity index is 417. The van der Waals surface area contributed by atoms with Crippen LogP contribution in [-0.2, 0) is 23.9 Å². The van der Waals surface area contributed by atoms with Gasteiger partial charge in [-0.05, 0) is 13.0 Å². The van der Waals surface area contributed by atoms with Gasteiger partial charge in [-0.15, -0.1) is 0 Å². The molecule has 0 atom stereocenters. The lowest BCUT2D eigenvalue weighted by Gasteiger charge is -1.94. The maximum absolute atomic E-state index is 10.6. The van der Waals surface area contributed by atoms with Gasteiger partial charge < -0.3 is 14.6 Å². The molecule has 0 bridgehead atoms. The van der Waals surface area contributed by atoms with E-state index < -0.39 is 17.9 Å². The summed E-state index contributed by atoms with van der Waals surface area (Å²) in [5.41, 5.74) is 0.322. The molecular weight excluding hydrogens is 264 g/mol. The quantitative estimate of drug-likeness (QED) is 0.452. The van der Waals surface area contributed by atoms with E-state index in [1.807, 2.05) is 0 Å². The molecule has 20 heavy (non-hydrogen) atoms. The first-order valence-corrected chi connectivity index (χ1v) is 5.53. The molecule has 0 radical (unpaired) electrons. The molecule has 0 saturated carbocycles. The molecule has 0 aromatic heterocycles. The Kier molecular flexibility index (Phi) is 12.6. The van der Waals surface area contributed by atoms with Crippen LogP contribution in [-0.4, -0.2) is 36.7 Å². The van der Waals surface area contributed by atoms with Crippen LogP contribution in [0.25, 0.3) is 0 Å². The minimum Gasteiger partial charge on any atom is -0.478 e. The molecule has 0 aliphatic heterocycles. The van der Waals surface area contributed by atoms with Gasteiger partial charge in [0.05, 0.1) is 19.3 Å². The molecule has 0 saturated heterocycles. The van der Waals surface area contributed by atoms with Gasteiger partial charge in [0.1, 0.15) is 0 Å². The van der Waals surface area contributed by atoms with Gasteiger partial charge in [-0.1, -0.05) is 25.3 Å². The summed E-state index contributed by atoms with van der Waals surface area (Å²) in [7, 11) is 1.31. The number of hydrogen-bond donors (Lipinski definition) is 1. The monoisotopic (exact) mass is 282 g/mol. The number of carbonyl (C=O) groups excluding carboxylic acids is 2. The summed E-state index contributed by atoms with van der Waals surface area (Å²) in [6, 6.07) is 0. The predicted molar refractivity (Wildman–Crippen MR) is 73.9 cm³/mol. The zero-order valence-electron chi connectivity index (χ0n) is 11.5. The summed E-state index contributed by atoms with van der Waals surface area (Å²) in [6.45, 7) is 8.79. The first kappa shape index (κ1) is 19.7. The SMILES string of the molecule is C=CC=CC(=C)C(=O)OC.CCOC(=O)C=CC(=O)O. The molecule has 1 N–H and O–H groups in total. The highest BCUT2D eigenvalue weighted by molar-refractivity contribution is 5.91. The lowest BCUT2D eigenvalue weighted by Crippen LogP contribution is -2.00. The number of methoxy groups -OCH3 is 1. The molecule has 0 amide bonds. The summed E-state index contributed by atoms with van der Waals surface area (Å²) in [5, 5.41) is 8.04. The Morgan fingerprint density at radius 1 is 1.20 bits per heavy atom. The highest BCUT2D eigenvalue weighted by Crippen LogP contribution is 1.94. The fourth-order valence-corrected chi connectivity index (χ4v) is 0.713. The fraction of sp³-hybridized carbons (Fsp3) is 0.214. The van der Waals surface area contributed by atoms with Gasteiger partial charge >= 0.3 is 17.9 Å². The third kappa shape index (κ3) is 13.4. The van der Waals surface area contributed by atoms with Crippen LogP contribution in [0.4, 0.5) is 0 Å². The van der Waals surface area contributed by atoms with E-state index in [1.165, 1.54) is 7.11 Å². The van der Waals surface area contributed by atoms with Crippen molar-refractivity contribution in [3.63, 3.8) is 0 Å². The zero-order valence-corrected chi connectivity index (χ0v) is 11.5. The number of esters is 2. The highest BCUT2D eigenvalue weighted by Gasteiger charge is 1.99. The van der Waals surface area contributed by atoms with Crippen LogP contribution in [0.1, 0.15) is 6.92 Å². The topological polar surface area (TPSA) is 89.9 Å². The van der Waals surface area contributed by atoms with Crippen LogP contribution in [0.3, 0.4) is 0 Å². The van der Waals surface area contributed by atoms with Crippen LogP contribution in [0.15, 0.2) is 49.1 Å². The number of hydrogen-bond acceptors (Lipinski definition) is 5. The predicted octanol–water partition coefficient (Wildman–Crippen LogP) is 1.65. The van der Waals surface area contributed by atoms with Gasteiger partial charge in [-0.3, -0.25) is 0 Å². The Labute approximate surface area is 117 Å². The van der Waals surface area contributed by atoms with Crippen LogP contribution in [0.2, 0.25) is 0 Å². The minimum absolute atomic E-state index is 0.253. The number of ether oxygens (including phenoxy) is 2. The molecule has 0 heterocycles. The van der Waals surface area contributed by atoms with Crippen molar-refractivity contribution in [3.05, 3.63) is 49.1 Å². The second kappa shape index (κ2) is 12.8. The van der Waals surface area contributed by atoms with Crippen LogP contribution < -0.4 is 0 Å². The summed E-state index contributed by atoms with van der Waals surface area (Å²) in [6.07, 6.45) is 6.33. The molecule has 6 heteroatoms. The number of carboxylic acid groups (broad SMARTS) is 1. The summed E-state index contributed by atoms with van der Waals surface area (Å²) >= 11 is 0. The average Bonchev–Trinajstić information content (AvgIpc) is 2.42. The molecular formula is C14H18O6. The fourth-order valence-electron chi connectivity index (χ4n) is 0.713. The Balaban J connectivity index is 0. The first-order chi connectivity index (χ1) is 9.38. The Morgan fingerprint density at radius 2 is 1.80 bits per heavy atom. The Morgan fingerprint density at radius 3 is 2.20 bits per heavy atom. The number of carboxylic acids is 1. The average molecular weight is 282 g/mol. The van der Waals surface area contributed by atoms with E-state index in [4.69, 9.17) is 5.11 Å². The van der Waals surface area contributed by atoms with Crippen molar-refractivity contribution in [2.75, 3.05) is 13.7 Å². The van der Waals surface area contributed by atoms with E-state index in [0.717, 1.165) is 12.2 Å². The molecule has 0 unspecified atom stereocenters. The zero-order chi connectivity index (χ0) is 16.0. The summed E-state index contributed by atoms with van der Waals surface area (Å²) in [4.78, 5) is 30.8. The van der Waals surface area contributed by atoms with Crippen molar-refractivity contribution in [2.45, 2.75) is 6.92 Å². The summed E-state index contributed by atoms with van der Waals surface area (Å²) < 4.78 is 8.79. The lowest BCUT2D eigenvalue weighted by molar-refractivity contribution is -0.138. The molecule has 0 aromatic rings. The molecule has 0 aromatic carbocycles. The molecule has 0 spiro atoms.